The first-order chi connectivity index (χ1) is 10.8. The van der Waals surface area contributed by atoms with Gasteiger partial charge in [0.2, 0.25) is 0 Å². The summed E-state index contributed by atoms with van der Waals surface area (Å²) in [5.74, 6) is 2.48. The van der Waals surface area contributed by atoms with Crippen LogP contribution in [0.4, 0.5) is 0 Å². The molecule has 0 saturated carbocycles. The summed E-state index contributed by atoms with van der Waals surface area (Å²) in [5.41, 5.74) is 0.476. The molecular weight excluding hydrogens is 276 g/mol. The molecular formula is C19H14O3. The van der Waals surface area contributed by atoms with Crippen LogP contribution in [0.5, 0.6) is 23.0 Å². The van der Waals surface area contributed by atoms with Gasteiger partial charge in [0.1, 0.15) is 23.0 Å². The van der Waals surface area contributed by atoms with E-state index in [9.17, 15) is 4.79 Å². The number of carbonyl (C=O) groups is 1. The fraction of sp³-hybridized carbons (Fsp3) is 0. The van der Waals surface area contributed by atoms with E-state index in [1.165, 1.54) is 0 Å². The average Bonchev–Trinajstić information content (AvgIpc) is 2.57. The van der Waals surface area contributed by atoms with Crippen molar-refractivity contribution in [3.63, 3.8) is 0 Å². The molecule has 0 aliphatic carbocycles. The molecule has 0 aliphatic heterocycles. The smallest absolute Gasteiger partial charge is 0.153 e. The highest BCUT2D eigenvalue weighted by Gasteiger charge is 2.07. The number of carbonyl (C=O) groups excluding carboxylic acids is 1. The highest BCUT2D eigenvalue weighted by Crippen LogP contribution is 2.30. The van der Waals surface area contributed by atoms with Gasteiger partial charge in [0.25, 0.3) is 0 Å². The minimum absolute atomic E-state index is 0.467. The Balaban J connectivity index is 1.88. The second-order valence-electron chi connectivity index (χ2n) is 4.65. The van der Waals surface area contributed by atoms with Gasteiger partial charge in [-0.1, -0.05) is 36.4 Å². The maximum atomic E-state index is 11.2. The van der Waals surface area contributed by atoms with Crippen LogP contribution in [0.25, 0.3) is 0 Å². The number of hydrogen-bond acceptors (Lipinski definition) is 3. The SMILES string of the molecule is O=Cc1ccc(Oc2ccccc2)cc1Oc1ccccc1. The third-order valence-corrected chi connectivity index (χ3v) is 3.06. The van der Waals surface area contributed by atoms with Crippen molar-refractivity contribution >= 4 is 6.29 Å². The minimum Gasteiger partial charge on any atom is -0.457 e. The van der Waals surface area contributed by atoms with Crippen LogP contribution in [-0.2, 0) is 0 Å². The van der Waals surface area contributed by atoms with Gasteiger partial charge in [-0.05, 0) is 36.4 Å². The van der Waals surface area contributed by atoms with Crippen LogP contribution in [0, 0.1) is 0 Å². The van der Waals surface area contributed by atoms with E-state index in [1.807, 2.05) is 60.7 Å². The summed E-state index contributed by atoms with van der Waals surface area (Å²) in [6, 6.07) is 23.9. The molecule has 0 heterocycles. The number of rotatable bonds is 5. The predicted octanol–water partition coefficient (Wildman–Crippen LogP) is 5.08. The summed E-state index contributed by atoms with van der Waals surface area (Å²) in [6.45, 7) is 0. The zero-order valence-electron chi connectivity index (χ0n) is 11.8. The summed E-state index contributed by atoms with van der Waals surface area (Å²) in [6.07, 6.45) is 0.768. The molecule has 22 heavy (non-hydrogen) atoms. The first kappa shape index (κ1) is 13.9. The summed E-state index contributed by atoms with van der Waals surface area (Å²) >= 11 is 0. The van der Waals surface area contributed by atoms with E-state index < -0.39 is 0 Å². The van der Waals surface area contributed by atoms with Gasteiger partial charge in [-0.3, -0.25) is 4.79 Å². The van der Waals surface area contributed by atoms with Gasteiger partial charge in [0, 0.05) is 6.07 Å². The number of hydrogen-bond donors (Lipinski definition) is 0. The molecule has 0 aliphatic rings. The van der Waals surface area contributed by atoms with Crippen LogP contribution in [0.2, 0.25) is 0 Å². The maximum Gasteiger partial charge on any atom is 0.153 e. The van der Waals surface area contributed by atoms with Crippen molar-refractivity contribution in [2.75, 3.05) is 0 Å². The molecule has 108 valence electrons. The molecule has 3 heteroatoms. The number of ether oxygens (including phenoxy) is 2. The van der Waals surface area contributed by atoms with Gasteiger partial charge >= 0.3 is 0 Å². The van der Waals surface area contributed by atoms with E-state index >= 15 is 0 Å². The molecule has 0 amide bonds. The second-order valence-corrected chi connectivity index (χ2v) is 4.65. The monoisotopic (exact) mass is 290 g/mol. The Morgan fingerprint density at radius 2 is 1.23 bits per heavy atom. The standard InChI is InChI=1S/C19H14O3/c20-14-15-11-12-18(21-16-7-3-1-4-8-16)13-19(15)22-17-9-5-2-6-10-17/h1-14H. The molecule has 0 bridgehead atoms. The lowest BCUT2D eigenvalue weighted by atomic mass is 10.2. The quantitative estimate of drug-likeness (QED) is 0.614. The van der Waals surface area contributed by atoms with Crippen molar-refractivity contribution in [3.8, 4) is 23.0 Å². The Hall–Kier alpha value is -3.07. The van der Waals surface area contributed by atoms with Crippen LogP contribution in [0.1, 0.15) is 10.4 Å². The van der Waals surface area contributed by atoms with Crippen molar-refractivity contribution < 1.29 is 14.3 Å². The lowest BCUT2D eigenvalue weighted by molar-refractivity contribution is 0.112. The number of aldehydes is 1. The van der Waals surface area contributed by atoms with E-state index in [1.54, 1.807) is 18.2 Å². The Kier molecular flexibility index (Phi) is 4.16. The largest absolute Gasteiger partial charge is 0.457 e. The summed E-state index contributed by atoms with van der Waals surface area (Å²) in [5, 5.41) is 0. The fourth-order valence-electron chi connectivity index (χ4n) is 2.00. The van der Waals surface area contributed by atoms with Gasteiger partial charge in [-0.15, -0.1) is 0 Å². The maximum absolute atomic E-state index is 11.2. The second kappa shape index (κ2) is 6.59. The average molecular weight is 290 g/mol. The van der Waals surface area contributed by atoms with Crippen molar-refractivity contribution in [1.82, 2.24) is 0 Å². The molecule has 3 aromatic rings. The predicted molar refractivity (Wildman–Crippen MR) is 84.9 cm³/mol. The summed E-state index contributed by atoms with van der Waals surface area (Å²) in [7, 11) is 0. The normalized spacial score (nSPS) is 10.0. The molecule has 0 saturated heterocycles. The molecule has 0 spiro atoms. The van der Waals surface area contributed by atoms with Gasteiger partial charge in [-0.25, -0.2) is 0 Å². The van der Waals surface area contributed by atoms with Gasteiger partial charge < -0.3 is 9.47 Å². The Bertz CT molecular complexity index is 752. The van der Waals surface area contributed by atoms with Crippen molar-refractivity contribution in [2.45, 2.75) is 0 Å². The molecule has 3 nitrogen and oxygen atoms in total. The van der Waals surface area contributed by atoms with Crippen LogP contribution >= 0.6 is 0 Å². The molecule has 3 aromatic carbocycles. The van der Waals surface area contributed by atoms with E-state index in [0.29, 0.717) is 22.8 Å². The Labute approximate surface area is 128 Å². The van der Waals surface area contributed by atoms with Crippen molar-refractivity contribution in [2.24, 2.45) is 0 Å². The fourth-order valence-corrected chi connectivity index (χ4v) is 2.00. The number of para-hydroxylation sites is 2. The highest BCUT2D eigenvalue weighted by molar-refractivity contribution is 5.80. The first-order valence-electron chi connectivity index (χ1n) is 6.90. The van der Waals surface area contributed by atoms with E-state index in [0.717, 1.165) is 12.0 Å². The Morgan fingerprint density at radius 3 is 1.82 bits per heavy atom. The minimum atomic E-state index is 0.467. The molecule has 0 radical (unpaired) electrons. The van der Waals surface area contributed by atoms with Gasteiger partial charge in [0.15, 0.2) is 6.29 Å². The number of benzene rings is 3. The van der Waals surface area contributed by atoms with E-state index in [4.69, 9.17) is 9.47 Å². The lowest BCUT2D eigenvalue weighted by Gasteiger charge is -2.11. The van der Waals surface area contributed by atoms with Crippen molar-refractivity contribution in [1.29, 1.82) is 0 Å². The van der Waals surface area contributed by atoms with Crippen LogP contribution in [0.15, 0.2) is 78.9 Å². The van der Waals surface area contributed by atoms with Gasteiger partial charge in [-0.2, -0.15) is 0 Å². The lowest BCUT2D eigenvalue weighted by Crippen LogP contribution is -1.92. The molecule has 3 rings (SSSR count). The van der Waals surface area contributed by atoms with Crippen LogP contribution in [-0.4, -0.2) is 6.29 Å². The van der Waals surface area contributed by atoms with E-state index in [-0.39, 0.29) is 0 Å². The van der Waals surface area contributed by atoms with E-state index in [2.05, 4.69) is 0 Å². The highest BCUT2D eigenvalue weighted by atomic mass is 16.5. The first-order valence-corrected chi connectivity index (χ1v) is 6.90. The third kappa shape index (κ3) is 3.33. The molecule has 0 aromatic heterocycles. The van der Waals surface area contributed by atoms with Crippen LogP contribution in [0.3, 0.4) is 0 Å². The van der Waals surface area contributed by atoms with Crippen LogP contribution < -0.4 is 9.47 Å². The molecule has 0 N–H and O–H groups in total. The molecule has 0 fully saturated rings. The van der Waals surface area contributed by atoms with Gasteiger partial charge in [0.05, 0.1) is 5.56 Å². The zero-order valence-corrected chi connectivity index (χ0v) is 11.8. The topological polar surface area (TPSA) is 35.5 Å². The summed E-state index contributed by atoms with van der Waals surface area (Å²) in [4.78, 5) is 11.2. The summed E-state index contributed by atoms with van der Waals surface area (Å²) < 4.78 is 11.5. The zero-order chi connectivity index (χ0) is 15.2. The van der Waals surface area contributed by atoms with Crippen molar-refractivity contribution in [3.05, 3.63) is 84.4 Å². The third-order valence-electron chi connectivity index (χ3n) is 3.06. The molecule has 0 unspecified atom stereocenters. The Morgan fingerprint density at radius 1 is 0.636 bits per heavy atom. The molecule has 0 atom stereocenters.